The lowest BCUT2D eigenvalue weighted by molar-refractivity contribution is 0.192. The second kappa shape index (κ2) is 11.1. The topological polar surface area (TPSA) is 48.9 Å². The first-order valence-corrected chi connectivity index (χ1v) is 9.47. The maximum absolute atomic E-state index is 5.08. The first kappa shape index (κ1) is 19.7. The third kappa shape index (κ3) is 7.04. The van der Waals surface area contributed by atoms with E-state index in [0.29, 0.717) is 12.1 Å². The first-order valence-electron chi connectivity index (χ1n) is 9.47. The van der Waals surface area contributed by atoms with E-state index in [4.69, 9.17) is 4.74 Å². The van der Waals surface area contributed by atoms with E-state index in [2.05, 4.69) is 57.8 Å². The summed E-state index contributed by atoms with van der Waals surface area (Å²) in [6.07, 6.45) is 4.61. The fraction of sp³-hybridized carbons (Fsp3) is 0.650. The summed E-state index contributed by atoms with van der Waals surface area (Å²) in [5.74, 6) is 0.922. The van der Waals surface area contributed by atoms with Gasteiger partial charge >= 0.3 is 0 Å². The van der Waals surface area contributed by atoms with Gasteiger partial charge < -0.3 is 15.4 Å². The first-order chi connectivity index (χ1) is 12.2. The fourth-order valence-electron chi connectivity index (χ4n) is 3.38. The van der Waals surface area contributed by atoms with Crippen molar-refractivity contribution in [3.05, 3.63) is 35.9 Å². The number of hydrogen-bond donors (Lipinski definition) is 2. The fourth-order valence-corrected chi connectivity index (χ4v) is 3.38. The molecule has 0 saturated carbocycles. The van der Waals surface area contributed by atoms with Crippen molar-refractivity contribution in [1.82, 2.24) is 15.5 Å². The van der Waals surface area contributed by atoms with Crippen LogP contribution < -0.4 is 10.6 Å². The molecule has 0 aliphatic carbocycles. The Morgan fingerprint density at radius 2 is 2.04 bits per heavy atom. The van der Waals surface area contributed by atoms with Gasteiger partial charge in [0.15, 0.2) is 5.96 Å². The molecule has 1 heterocycles. The van der Waals surface area contributed by atoms with Crippen LogP contribution in [0.5, 0.6) is 0 Å². The van der Waals surface area contributed by atoms with Crippen molar-refractivity contribution in [2.75, 3.05) is 33.9 Å². The van der Waals surface area contributed by atoms with Gasteiger partial charge in [-0.3, -0.25) is 9.89 Å². The number of benzene rings is 1. The molecule has 1 aromatic rings. The molecule has 1 aromatic carbocycles. The molecule has 0 radical (unpaired) electrons. The summed E-state index contributed by atoms with van der Waals surface area (Å²) in [4.78, 5) is 6.92. The van der Waals surface area contributed by atoms with Gasteiger partial charge in [0.1, 0.15) is 0 Å². The minimum atomic E-state index is 0.457. The zero-order chi connectivity index (χ0) is 17.9. The number of nitrogens with one attached hydrogen (secondary N) is 2. The molecule has 2 N–H and O–H groups in total. The van der Waals surface area contributed by atoms with Crippen molar-refractivity contribution in [3.8, 4) is 0 Å². The summed E-state index contributed by atoms with van der Waals surface area (Å²) in [5.41, 5.74) is 1.38. The van der Waals surface area contributed by atoms with Gasteiger partial charge in [0.2, 0.25) is 0 Å². The van der Waals surface area contributed by atoms with E-state index in [9.17, 15) is 0 Å². The van der Waals surface area contributed by atoms with E-state index in [0.717, 1.165) is 51.5 Å². The van der Waals surface area contributed by atoms with E-state index in [1.165, 1.54) is 12.0 Å². The maximum atomic E-state index is 5.08. The van der Waals surface area contributed by atoms with Gasteiger partial charge in [0, 0.05) is 52.5 Å². The smallest absolute Gasteiger partial charge is 0.191 e. The van der Waals surface area contributed by atoms with Crippen LogP contribution in [0.1, 0.15) is 38.2 Å². The standard InChI is InChI=1S/C20H34N4O/c1-17-14-19(16-24(17)15-18-10-6-4-7-11-18)23-20(21-2)22-12-8-5-9-13-25-3/h4,6-7,10-11,17,19H,5,8-9,12-16H2,1-3H3,(H2,21,22,23). The highest BCUT2D eigenvalue weighted by Gasteiger charge is 2.29. The van der Waals surface area contributed by atoms with Crippen LogP contribution in [0, 0.1) is 0 Å². The summed E-state index contributed by atoms with van der Waals surface area (Å²) in [6, 6.07) is 11.8. The third-order valence-corrected chi connectivity index (χ3v) is 4.81. The van der Waals surface area contributed by atoms with Gasteiger partial charge in [0.25, 0.3) is 0 Å². The van der Waals surface area contributed by atoms with Crippen molar-refractivity contribution < 1.29 is 4.74 Å². The molecule has 2 unspecified atom stereocenters. The van der Waals surface area contributed by atoms with Crippen LogP contribution in [0.15, 0.2) is 35.3 Å². The van der Waals surface area contributed by atoms with Crippen LogP contribution in [0.2, 0.25) is 0 Å². The molecule has 5 heteroatoms. The molecule has 0 spiro atoms. The molecule has 2 atom stereocenters. The van der Waals surface area contributed by atoms with Gasteiger partial charge in [-0.15, -0.1) is 0 Å². The number of rotatable bonds is 9. The quantitative estimate of drug-likeness (QED) is 0.410. The van der Waals surface area contributed by atoms with Gasteiger partial charge in [-0.05, 0) is 38.2 Å². The van der Waals surface area contributed by atoms with Crippen molar-refractivity contribution >= 4 is 5.96 Å². The minimum absolute atomic E-state index is 0.457. The number of guanidine groups is 1. The molecule has 5 nitrogen and oxygen atoms in total. The van der Waals surface area contributed by atoms with Crippen LogP contribution >= 0.6 is 0 Å². The van der Waals surface area contributed by atoms with Crippen LogP contribution in [0.4, 0.5) is 0 Å². The van der Waals surface area contributed by atoms with E-state index < -0.39 is 0 Å². The predicted octanol–water partition coefficient (Wildman–Crippen LogP) is 2.63. The van der Waals surface area contributed by atoms with Crippen LogP contribution in [-0.4, -0.2) is 56.8 Å². The van der Waals surface area contributed by atoms with Gasteiger partial charge in [-0.25, -0.2) is 0 Å². The summed E-state index contributed by atoms with van der Waals surface area (Å²) in [5, 5.41) is 7.02. The molecular weight excluding hydrogens is 312 g/mol. The average Bonchev–Trinajstić information content (AvgIpc) is 2.97. The molecular formula is C20H34N4O. The largest absolute Gasteiger partial charge is 0.385 e. The Balaban J connectivity index is 1.70. The number of ether oxygens (including phenoxy) is 1. The second-order valence-corrected chi connectivity index (χ2v) is 6.89. The monoisotopic (exact) mass is 346 g/mol. The maximum Gasteiger partial charge on any atom is 0.191 e. The van der Waals surface area contributed by atoms with Gasteiger partial charge in [0.05, 0.1) is 0 Å². The highest BCUT2D eigenvalue weighted by molar-refractivity contribution is 5.80. The van der Waals surface area contributed by atoms with Crippen LogP contribution in [-0.2, 0) is 11.3 Å². The molecule has 2 rings (SSSR count). The Morgan fingerprint density at radius 3 is 2.76 bits per heavy atom. The Bertz CT molecular complexity index is 506. The minimum Gasteiger partial charge on any atom is -0.385 e. The number of methoxy groups -OCH3 is 1. The van der Waals surface area contributed by atoms with Crippen molar-refractivity contribution in [2.24, 2.45) is 4.99 Å². The molecule has 0 aromatic heterocycles. The van der Waals surface area contributed by atoms with Crippen LogP contribution in [0.25, 0.3) is 0 Å². The highest BCUT2D eigenvalue weighted by Crippen LogP contribution is 2.20. The van der Waals surface area contributed by atoms with Crippen molar-refractivity contribution in [1.29, 1.82) is 0 Å². The molecule has 25 heavy (non-hydrogen) atoms. The van der Waals surface area contributed by atoms with Crippen molar-refractivity contribution in [3.63, 3.8) is 0 Å². The number of nitrogens with zero attached hydrogens (tertiary/aromatic N) is 2. The average molecular weight is 347 g/mol. The van der Waals surface area contributed by atoms with Crippen molar-refractivity contribution in [2.45, 2.75) is 51.2 Å². The summed E-state index contributed by atoms with van der Waals surface area (Å²) in [7, 11) is 3.61. The zero-order valence-corrected chi connectivity index (χ0v) is 16.0. The van der Waals surface area contributed by atoms with Crippen LogP contribution in [0.3, 0.4) is 0 Å². The number of likely N-dealkylation sites (tertiary alicyclic amines) is 1. The summed E-state index contributed by atoms with van der Waals surface area (Å²) in [6.45, 7) is 6.20. The molecule has 1 saturated heterocycles. The third-order valence-electron chi connectivity index (χ3n) is 4.81. The Morgan fingerprint density at radius 1 is 1.24 bits per heavy atom. The summed E-state index contributed by atoms with van der Waals surface area (Å²) < 4.78 is 5.08. The Kier molecular flexibility index (Phi) is 8.77. The molecule has 0 amide bonds. The Hall–Kier alpha value is -1.59. The molecule has 1 fully saturated rings. The van der Waals surface area contributed by atoms with E-state index in [1.54, 1.807) is 7.11 Å². The van der Waals surface area contributed by atoms with E-state index >= 15 is 0 Å². The highest BCUT2D eigenvalue weighted by atomic mass is 16.5. The zero-order valence-electron chi connectivity index (χ0n) is 16.0. The lowest BCUT2D eigenvalue weighted by Gasteiger charge is -2.21. The lowest BCUT2D eigenvalue weighted by Crippen LogP contribution is -2.44. The normalized spacial score (nSPS) is 21.5. The van der Waals surface area contributed by atoms with Gasteiger partial charge in [-0.1, -0.05) is 30.3 Å². The molecule has 140 valence electrons. The van der Waals surface area contributed by atoms with E-state index in [-0.39, 0.29) is 0 Å². The van der Waals surface area contributed by atoms with Gasteiger partial charge in [-0.2, -0.15) is 0 Å². The SMILES string of the molecule is CN=C(NCCCCCOC)NC1CC(C)N(Cc2ccccc2)C1. The molecule has 0 bridgehead atoms. The predicted molar refractivity (Wildman–Crippen MR) is 105 cm³/mol. The number of aliphatic imine (C=N–C) groups is 1. The molecule has 1 aliphatic rings. The Labute approximate surface area is 152 Å². The lowest BCUT2D eigenvalue weighted by atomic mass is 10.2. The number of unbranched alkanes of at least 4 members (excludes halogenated alkanes) is 2. The van der Waals surface area contributed by atoms with E-state index in [1.807, 2.05) is 7.05 Å². The number of hydrogen-bond acceptors (Lipinski definition) is 3. The summed E-state index contributed by atoms with van der Waals surface area (Å²) >= 11 is 0. The molecule has 1 aliphatic heterocycles. The second-order valence-electron chi connectivity index (χ2n) is 6.89.